The van der Waals surface area contributed by atoms with Crippen molar-refractivity contribution in [2.45, 2.75) is 59.0 Å². The Labute approximate surface area is 190 Å². The van der Waals surface area contributed by atoms with Crippen molar-refractivity contribution in [2.24, 2.45) is 17.8 Å². The number of nitrogens with zero attached hydrogens (tertiary/aromatic N) is 4. The van der Waals surface area contributed by atoms with Crippen LogP contribution in [0.2, 0.25) is 0 Å². The molecule has 0 aliphatic carbocycles. The number of carbonyl (C=O) groups excluding carboxylic acids is 2. The monoisotopic (exact) mass is 430 g/mol. The van der Waals surface area contributed by atoms with Crippen LogP contribution in [-0.2, 0) is 16.1 Å². The van der Waals surface area contributed by atoms with E-state index in [2.05, 4.69) is 0 Å². The molecule has 1 saturated heterocycles. The first-order valence-electron chi connectivity index (χ1n) is 11.1. The van der Waals surface area contributed by atoms with Crippen LogP contribution in [0, 0.1) is 40.4 Å². The maximum Gasteiger partial charge on any atom is 0.245 e. The second kappa shape index (κ2) is 9.51. The van der Waals surface area contributed by atoms with E-state index in [0.717, 1.165) is 16.3 Å². The number of rotatable bonds is 7. The number of fused-ring (bicyclic) bond motifs is 1. The van der Waals surface area contributed by atoms with Crippen LogP contribution in [0.5, 0.6) is 0 Å². The molecule has 0 aromatic heterocycles. The van der Waals surface area contributed by atoms with Gasteiger partial charge in [0.25, 0.3) is 0 Å². The summed E-state index contributed by atoms with van der Waals surface area (Å²) in [6, 6.07) is 18.2. The van der Waals surface area contributed by atoms with Gasteiger partial charge in [-0.2, -0.15) is 10.5 Å². The van der Waals surface area contributed by atoms with E-state index in [1.165, 1.54) is 5.01 Å². The summed E-state index contributed by atoms with van der Waals surface area (Å²) in [7, 11) is 0. The predicted molar refractivity (Wildman–Crippen MR) is 122 cm³/mol. The van der Waals surface area contributed by atoms with Crippen molar-refractivity contribution in [3.63, 3.8) is 0 Å². The van der Waals surface area contributed by atoms with E-state index in [-0.39, 0.29) is 30.6 Å². The lowest BCUT2D eigenvalue weighted by atomic mass is 9.84. The third-order valence-electron chi connectivity index (χ3n) is 6.16. The predicted octanol–water partition coefficient (Wildman–Crippen LogP) is 4.81. The number of imide groups is 1. The minimum absolute atomic E-state index is 0.00216. The molecule has 1 atom stereocenters. The Morgan fingerprint density at radius 3 is 2.41 bits per heavy atom. The summed E-state index contributed by atoms with van der Waals surface area (Å²) in [5, 5.41) is 24.1. The average molecular weight is 431 g/mol. The summed E-state index contributed by atoms with van der Waals surface area (Å²) in [5.74, 6) is -1.64. The molecule has 3 rings (SSSR count). The molecule has 6 heteroatoms. The number of hydrogen-bond acceptors (Lipinski definition) is 5. The topological polar surface area (TPSA) is 88.2 Å². The van der Waals surface area contributed by atoms with Crippen molar-refractivity contribution in [1.82, 2.24) is 10.0 Å². The lowest BCUT2D eigenvalue weighted by Gasteiger charge is -2.36. The highest BCUT2D eigenvalue weighted by Gasteiger charge is 2.47. The summed E-state index contributed by atoms with van der Waals surface area (Å²) >= 11 is 0. The number of amides is 2. The van der Waals surface area contributed by atoms with Gasteiger partial charge in [0.2, 0.25) is 11.8 Å². The van der Waals surface area contributed by atoms with Crippen molar-refractivity contribution in [1.29, 1.82) is 10.5 Å². The molecule has 0 spiro atoms. The van der Waals surface area contributed by atoms with Crippen molar-refractivity contribution in [3.05, 3.63) is 48.0 Å². The van der Waals surface area contributed by atoms with Gasteiger partial charge in [0.1, 0.15) is 5.92 Å². The minimum atomic E-state index is -0.876. The van der Waals surface area contributed by atoms with Gasteiger partial charge >= 0.3 is 0 Å². The number of benzene rings is 2. The van der Waals surface area contributed by atoms with E-state index < -0.39 is 17.4 Å². The number of carbonyl (C=O) groups is 2. The molecule has 0 N–H and O–H groups in total. The molecule has 2 aromatic carbocycles. The van der Waals surface area contributed by atoms with Crippen LogP contribution >= 0.6 is 0 Å². The molecule has 2 amide bonds. The largest absolute Gasteiger partial charge is 0.273 e. The first kappa shape index (κ1) is 23.4. The minimum Gasteiger partial charge on any atom is -0.273 e. The summed E-state index contributed by atoms with van der Waals surface area (Å²) in [6.45, 7) is 8.34. The van der Waals surface area contributed by atoms with Crippen molar-refractivity contribution >= 4 is 22.6 Å². The van der Waals surface area contributed by atoms with E-state index >= 15 is 0 Å². The van der Waals surface area contributed by atoms with E-state index in [1.54, 1.807) is 0 Å². The highest BCUT2D eigenvalue weighted by molar-refractivity contribution is 5.97. The Balaban J connectivity index is 1.91. The van der Waals surface area contributed by atoms with Gasteiger partial charge in [0.15, 0.2) is 0 Å². The number of nitriles is 2. The zero-order valence-corrected chi connectivity index (χ0v) is 19.2. The lowest BCUT2D eigenvalue weighted by molar-refractivity contribution is -0.162. The van der Waals surface area contributed by atoms with Gasteiger partial charge in [0.05, 0.1) is 12.1 Å². The van der Waals surface area contributed by atoms with Crippen LogP contribution in [0.4, 0.5) is 0 Å². The molecule has 1 fully saturated rings. The molecule has 166 valence electrons. The standard InChI is InChI=1S/C26H30N4O2/c1-18(2)12-21(22(15-27)16-28)13-24(31)30-25(32)14-26(3,4)29(30)17-20-10-7-9-19-8-5-6-11-23(19)20/h5-11,18,21-22H,12-14,17H2,1-4H3/t21-/m0/s1. The molecule has 1 aliphatic rings. The Kier molecular flexibility index (Phi) is 6.96. The molecule has 0 radical (unpaired) electrons. The molecular formula is C26H30N4O2. The molecule has 1 aliphatic heterocycles. The van der Waals surface area contributed by atoms with Crippen molar-refractivity contribution in [3.8, 4) is 12.1 Å². The van der Waals surface area contributed by atoms with Gasteiger partial charge in [-0.05, 0) is 48.4 Å². The lowest BCUT2D eigenvalue weighted by Crippen LogP contribution is -2.49. The van der Waals surface area contributed by atoms with Crippen LogP contribution in [0.25, 0.3) is 10.8 Å². The third kappa shape index (κ3) is 4.82. The van der Waals surface area contributed by atoms with E-state index in [9.17, 15) is 20.1 Å². The molecular weight excluding hydrogens is 400 g/mol. The molecule has 1 heterocycles. The highest BCUT2D eigenvalue weighted by Crippen LogP contribution is 2.35. The summed E-state index contributed by atoms with van der Waals surface area (Å²) in [4.78, 5) is 26.3. The van der Waals surface area contributed by atoms with Gasteiger partial charge in [-0.3, -0.25) is 9.59 Å². The fraction of sp³-hybridized carbons (Fsp3) is 0.462. The Bertz CT molecular complexity index is 1070. The first-order valence-corrected chi connectivity index (χ1v) is 11.1. The van der Waals surface area contributed by atoms with Crippen LogP contribution in [-0.4, -0.2) is 27.4 Å². The zero-order valence-electron chi connectivity index (χ0n) is 19.2. The SMILES string of the molecule is CC(C)C[C@@H](CC(=O)N1C(=O)CC(C)(C)N1Cc1cccc2ccccc12)C(C#N)C#N. The zero-order chi connectivity index (χ0) is 23.5. The second-order valence-electron chi connectivity index (χ2n) is 9.61. The molecule has 0 saturated carbocycles. The summed E-state index contributed by atoms with van der Waals surface area (Å²) in [5.41, 5.74) is 0.510. The smallest absolute Gasteiger partial charge is 0.245 e. The maximum absolute atomic E-state index is 13.4. The fourth-order valence-electron chi connectivity index (χ4n) is 4.58. The Hall–Kier alpha value is -3.22. The number of hydrazine groups is 1. The van der Waals surface area contributed by atoms with Gasteiger partial charge < -0.3 is 0 Å². The molecule has 0 bridgehead atoms. The van der Waals surface area contributed by atoms with E-state index in [1.807, 2.05) is 87.3 Å². The van der Waals surface area contributed by atoms with Gasteiger partial charge in [-0.1, -0.05) is 56.3 Å². The van der Waals surface area contributed by atoms with Gasteiger partial charge in [-0.15, -0.1) is 0 Å². The Morgan fingerprint density at radius 2 is 1.75 bits per heavy atom. The quantitative estimate of drug-likeness (QED) is 0.629. The van der Waals surface area contributed by atoms with Crippen LogP contribution in [0.15, 0.2) is 42.5 Å². The van der Waals surface area contributed by atoms with Crippen LogP contribution in [0.3, 0.4) is 0 Å². The first-order chi connectivity index (χ1) is 15.2. The van der Waals surface area contributed by atoms with Crippen molar-refractivity contribution in [2.75, 3.05) is 0 Å². The van der Waals surface area contributed by atoms with Crippen LogP contribution < -0.4 is 0 Å². The summed E-state index contributed by atoms with van der Waals surface area (Å²) < 4.78 is 0. The highest BCUT2D eigenvalue weighted by atomic mass is 16.2. The number of hydrogen-bond donors (Lipinski definition) is 0. The molecule has 32 heavy (non-hydrogen) atoms. The fourth-order valence-corrected chi connectivity index (χ4v) is 4.58. The second-order valence-corrected chi connectivity index (χ2v) is 9.61. The molecule has 0 unspecified atom stereocenters. The van der Waals surface area contributed by atoms with Gasteiger partial charge in [0, 0.05) is 24.9 Å². The van der Waals surface area contributed by atoms with Crippen LogP contribution in [0.1, 0.15) is 52.5 Å². The van der Waals surface area contributed by atoms with E-state index in [4.69, 9.17) is 0 Å². The Morgan fingerprint density at radius 1 is 1.09 bits per heavy atom. The maximum atomic E-state index is 13.4. The third-order valence-corrected chi connectivity index (χ3v) is 6.16. The normalized spacial score (nSPS) is 17.0. The van der Waals surface area contributed by atoms with E-state index in [0.29, 0.717) is 13.0 Å². The van der Waals surface area contributed by atoms with Crippen molar-refractivity contribution < 1.29 is 9.59 Å². The summed E-state index contributed by atoms with van der Waals surface area (Å²) in [6.07, 6.45) is 0.808. The molecule has 6 nitrogen and oxygen atoms in total. The molecule has 2 aromatic rings. The van der Waals surface area contributed by atoms with Gasteiger partial charge in [-0.25, -0.2) is 10.0 Å². The average Bonchev–Trinajstić information content (AvgIpc) is 2.96.